The van der Waals surface area contributed by atoms with Crippen LogP contribution in [0.5, 0.6) is 5.75 Å². The zero-order valence-electron chi connectivity index (χ0n) is 24.4. The lowest BCUT2D eigenvalue weighted by Crippen LogP contribution is -2.43. The molecule has 4 rings (SSSR count). The van der Waals surface area contributed by atoms with Crippen LogP contribution in [0.3, 0.4) is 0 Å². The van der Waals surface area contributed by atoms with Crippen molar-refractivity contribution in [3.63, 3.8) is 0 Å². The van der Waals surface area contributed by atoms with Crippen molar-refractivity contribution in [2.75, 3.05) is 31.2 Å². The lowest BCUT2D eigenvalue weighted by atomic mass is 9.75. The van der Waals surface area contributed by atoms with Gasteiger partial charge in [-0.05, 0) is 94.1 Å². The number of ether oxygens (including phenoxy) is 1. The highest BCUT2D eigenvalue weighted by Crippen LogP contribution is 2.40. The van der Waals surface area contributed by atoms with E-state index in [2.05, 4.69) is 86.8 Å². The van der Waals surface area contributed by atoms with E-state index in [9.17, 15) is 4.21 Å². The lowest BCUT2D eigenvalue weighted by Gasteiger charge is -2.37. The van der Waals surface area contributed by atoms with Gasteiger partial charge in [-0.3, -0.25) is 0 Å². The van der Waals surface area contributed by atoms with Crippen molar-refractivity contribution in [1.29, 1.82) is 0 Å². The first-order valence-electron chi connectivity index (χ1n) is 13.9. The molecule has 1 aliphatic rings. The molecule has 1 heterocycles. The van der Waals surface area contributed by atoms with E-state index in [1.165, 1.54) is 22.3 Å². The number of benzene rings is 3. The predicted molar refractivity (Wildman–Crippen MR) is 164 cm³/mol. The molecule has 2 unspecified atom stereocenters. The first-order chi connectivity index (χ1) is 18.6. The molecule has 0 saturated carbocycles. The highest BCUT2D eigenvalue weighted by Gasteiger charge is 2.34. The summed E-state index contributed by atoms with van der Waals surface area (Å²) < 4.78 is 22.1. The standard InChI is InChI=1S/C32H44N4O2S/c1-8-25-20-36(39(37)29-13-11-10-12-28(29)38-25)19-24-18-23(15-14-21(24)3)30(32(5,6)34-7)26-16-17-27(35-9-2)31(33)22(26)4/h10-18,25,30,34-35H,8-9,19-20,33H2,1-7H3/t25-,30?,39?/m1/s1. The molecule has 210 valence electrons. The number of nitrogens with zero attached hydrogens (tertiary/aromatic N) is 1. The molecule has 0 aromatic heterocycles. The van der Waals surface area contributed by atoms with Crippen LogP contribution in [0.2, 0.25) is 0 Å². The third-order valence-electron chi connectivity index (χ3n) is 8.08. The van der Waals surface area contributed by atoms with Crippen molar-refractivity contribution in [1.82, 2.24) is 9.62 Å². The molecule has 4 N–H and O–H groups in total. The Hall–Kier alpha value is -2.87. The zero-order chi connectivity index (χ0) is 28.3. The number of fused-ring (bicyclic) bond motifs is 1. The molecule has 0 bridgehead atoms. The third kappa shape index (κ3) is 6.01. The van der Waals surface area contributed by atoms with Gasteiger partial charge in [0.05, 0.1) is 16.3 Å². The first kappa shape index (κ1) is 29.1. The Balaban J connectivity index is 1.76. The summed E-state index contributed by atoms with van der Waals surface area (Å²) >= 11 is 0. The van der Waals surface area contributed by atoms with Crippen LogP contribution in [-0.4, -0.2) is 40.3 Å². The smallest absolute Gasteiger partial charge is 0.137 e. The molecule has 0 spiro atoms. The highest BCUT2D eigenvalue weighted by molar-refractivity contribution is 7.82. The maximum atomic E-state index is 13.8. The number of para-hydroxylation sites is 1. The van der Waals surface area contributed by atoms with Gasteiger partial charge in [0.25, 0.3) is 0 Å². The molecule has 7 heteroatoms. The minimum Gasteiger partial charge on any atom is -0.488 e. The minimum absolute atomic E-state index is 0.0158. The van der Waals surface area contributed by atoms with Gasteiger partial charge in [-0.1, -0.05) is 43.3 Å². The molecular weight excluding hydrogens is 504 g/mol. The van der Waals surface area contributed by atoms with Gasteiger partial charge in [-0.2, -0.15) is 0 Å². The van der Waals surface area contributed by atoms with Gasteiger partial charge in [0.1, 0.15) is 22.8 Å². The van der Waals surface area contributed by atoms with Gasteiger partial charge in [-0.15, -0.1) is 0 Å². The summed E-state index contributed by atoms with van der Waals surface area (Å²) in [6.07, 6.45) is 0.834. The van der Waals surface area contributed by atoms with Gasteiger partial charge in [0, 0.05) is 31.1 Å². The van der Waals surface area contributed by atoms with Gasteiger partial charge in [0.2, 0.25) is 0 Å². The fraction of sp³-hybridized carbons (Fsp3) is 0.438. The molecule has 0 amide bonds. The van der Waals surface area contributed by atoms with Crippen molar-refractivity contribution >= 4 is 22.4 Å². The molecule has 3 aromatic carbocycles. The van der Waals surface area contributed by atoms with Crippen LogP contribution in [0.15, 0.2) is 59.5 Å². The molecule has 0 aliphatic carbocycles. The number of anilines is 2. The number of likely N-dealkylation sites (N-methyl/N-ethyl adjacent to an activating group) is 1. The summed E-state index contributed by atoms with van der Waals surface area (Å²) in [6.45, 7) is 14.9. The number of nitrogens with two attached hydrogens (primary N) is 1. The van der Waals surface area contributed by atoms with Gasteiger partial charge < -0.3 is 21.1 Å². The summed E-state index contributed by atoms with van der Waals surface area (Å²) in [6, 6.07) is 18.7. The fourth-order valence-electron chi connectivity index (χ4n) is 5.44. The van der Waals surface area contributed by atoms with Crippen molar-refractivity contribution in [2.24, 2.45) is 0 Å². The summed E-state index contributed by atoms with van der Waals surface area (Å²) in [5, 5.41) is 6.92. The number of hydrogen-bond acceptors (Lipinski definition) is 5. The molecule has 0 saturated heterocycles. The second-order valence-corrected chi connectivity index (χ2v) is 12.5. The van der Waals surface area contributed by atoms with E-state index in [0.717, 1.165) is 40.5 Å². The average molecular weight is 549 g/mol. The molecule has 6 nitrogen and oxygen atoms in total. The number of hydrogen-bond donors (Lipinski definition) is 3. The molecular formula is C32H44N4O2S. The van der Waals surface area contributed by atoms with Crippen molar-refractivity contribution in [3.05, 3.63) is 82.4 Å². The largest absolute Gasteiger partial charge is 0.488 e. The monoisotopic (exact) mass is 548 g/mol. The highest BCUT2D eigenvalue weighted by atomic mass is 32.2. The average Bonchev–Trinajstić information content (AvgIpc) is 3.06. The van der Waals surface area contributed by atoms with Gasteiger partial charge in [0.15, 0.2) is 0 Å². The predicted octanol–water partition coefficient (Wildman–Crippen LogP) is 6.14. The summed E-state index contributed by atoms with van der Waals surface area (Å²) in [5.41, 5.74) is 14.0. The topological polar surface area (TPSA) is 79.6 Å². The van der Waals surface area contributed by atoms with Crippen LogP contribution in [0.4, 0.5) is 11.4 Å². The molecule has 3 aromatic rings. The summed E-state index contributed by atoms with van der Waals surface area (Å²) in [5.74, 6) is 0.780. The van der Waals surface area contributed by atoms with E-state index >= 15 is 0 Å². The SMILES string of the molecule is CCNc1ccc(C(c2ccc(C)c(CN3C[C@@H](CC)Oc4ccccc4S3=O)c2)C(C)(C)NC)c(C)c1N. The van der Waals surface area contributed by atoms with E-state index in [0.29, 0.717) is 13.1 Å². The van der Waals surface area contributed by atoms with E-state index in [-0.39, 0.29) is 17.6 Å². The lowest BCUT2D eigenvalue weighted by molar-refractivity contribution is 0.169. The Morgan fingerprint density at radius 1 is 1.13 bits per heavy atom. The summed E-state index contributed by atoms with van der Waals surface area (Å²) in [4.78, 5) is 0.739. The second kappa shape index (κ2) is 12.1. The van der Waals surface area contributed by atoms with Gasteiger partial charge >= 0.3 is 0 Å². The van der Waals surface area contributed by atoms with Crippen LogP contribution in [-0.2, 0) is 17.5 Å². The van der Waals surface area contributed by atoms with E-state index in [4.69, 9.17) is 10.5 Å². The second-order valence-electron chi connectivity index (χ2n) is 11.0. The van der Waals surface area contributed by atoms with Crippen LogP contribution in [0.25, 0.3) is 0 Å². The quantitative estimate of drug-likeness (QED) is 0.280. The Labute approximate surface area is 236 Å². The normalized spacial score (nSPS) is 18.6. The van der Waals surface area contributed by atoms with E-state index in [1.807, 2.05) is 31.3 Å². The number of rotatable bonds is 9. The Bertz CT molecular complexity index is 1340. The number of nitrogens with one attached hydrogen (secondary N) is 2. The van der Waals surface area contributed by atoms with Crippen molar-refractivity contribution in [2.45, 2.75) is 77.0 Å². The van der Waals surface area contributed by atoms with E-state index < -0.39 is 11.0 Å². The summed E-state index contributed by atoms with van der Waals surface area (Å²) in [7, 11) is 0.698. The van der Waals surface area contributed by atoms with E-state index in [1.54, 1.807) is 0 Å². The number of nitrogen functional groups attached to an aromatic ring is 1. The maximum Gasteiger partial charge on any atom is 0.137 e. The number of aryl methyl sites for hydroxylation is 1. The van der Waals surface area contributed by atoms with Crippen molar-refractivity contribution in [3.8, 4) is 5.75 Å². The zero-order valence-corrected chi connectivity index (χ0v) is 25.2. The Kier molecular flexibility index (Phi) is 9.04. The molecule has 0 fully saturated rings. The van der Waals surface area contributed by atoms with Crippen LogP contribution in [0.1, 0.15) is 67.9 Å². The van der Waals surface area contributed by atoms with Gasteiger partial charge in [-0.25, -0.2) is 8.51 Å². The van der Waals surface area contributed by atoms with Crippen LogP contribution < -0.4 is 21.1 Å². The fourth-order valence-corrected chi connectivity index (χ4v) is 6.76. The Morgan fingerprint density at radius 3 is 2.56 bits per heavy atom. The molecule has 39 heavy (non-hydrogen) atoms. The molecule has 3 atom stereocenters. The van der Waals surface area contributed by atoms with Crippen LogP contribution in [0, 0.1) is 13.8 Å². The molecule has 0 radical (unpaired) electrons. The van der Waals surface area contributed by atoms with Crippen LogP contribution >= 0.6 is 0 Å². The Morgan fingerprint density at radius 2 is 1.87 bits per heavy atom. The minimum atomic E-state index is -1.31. The maximum absolute atomic E-state index is 13.8. The third-order valence-corrected chi connectivity index (χ3v) is 9.54. The first-order valence-corrected chi connectivity index (χ1v) is 15.1. The molecule has 1 aliphatic heterocycles. The van der Waals surface area contributed by atoms with Crippen molar-refractivity contribution < 1.29 is 8.95 Å².